The standard InChI is InChI=1S/C15H10ClN3O/c16-10-4-5-13-12(7-10)14(15(20)19-13)18-11-3-1-2-9(6-11)8-17/h1-7,14,18H,(H,19,20). The molecule has 98 valence electrons. The van der Waals surface area contributed by atoms with Gasteiger partial charge in [-0.2, -0.15) is 5.26 Å². The van der Waals surface area contributed by atoms with Gasteiger partial charge in [0.25, 0.3) is 5.91 Å². The van der Waals surface area contributed by atoms with Crippen molar-refractivity contribution in [3.63, 3.8) is 0 Å². The molecule has 2 aromatic rings. The van der Waals surface area contributed by atoms with Gasteiger partial charge in [0.05, 0.1) is 11.6 Å². The second-order valence-corrected chi connectivity index (χ2v) is 4.93. The lowest BCUT2D eigenvalue weighted by molar-refractivity contribution is -0.116. The lowest BCUT2D eigenvalue weighted by Crippen LogP contribution is -2.19. The number of halogens is 1. The number of carbonyl (C=O) groups is 1. The first-order chi connectivity index (χ1) is 9.67. The van der Waals surface area contributed by atoms with Gasteiger partial charge < -0.3 is 10.6 Å². The van der Waals surface area contributed by atoms with Crippen LogP contribution in [0.4, 0.5) is 11.4 Å². The molecule has 2 aromatic carbocycles. The number of hydrogen-bond donors (Lipinski definition) is 2. The monoisotopic (exact) mass is 283 g/mol. The summed E-state index contributed by atoms with van der Waals surface area (Å²) in [6, 6.07) is 13.9. The number of fused-ring (bicyclic) bond motifs is 1. The Kier molecular flexibility index (Phi) is 3.05. The molecule has 1 atom stereocenters. The Hall–Kier alpha value is -2.51. The van der Waals surface area contributed by atoms with Crippen molar-refractivity contribution in [2.75, 3.05) is 10.6 Å². The molecule has 1 aliphatic heterocycles. The van der Waals surface area contributed by atoms with E-state index in [1.165, 1.54) is 0 Å². The molecule has 20 heavy (non-hydrogen) atoms. The van der Waals surface area contributed by atoms with Crippen LogP contribution >= 0.6 is 11.6 Å². The Morgan fingerprint density at radius 3 is 2.90 bits per heavy atom. The average molecular weight is 284 g/mol. The first-order valence-corrected chi connectivity index (χ1v) is 6.42. The third-order valence-electron chi connectivity index (χ3n) is 3.15. The fourth-order valence-corrected chi connectivity index (χ4v) is 2.40. The number of rotatable bonds is 2. The fourth-order valence-electron chi connectivity index (χ4n) is 2.22. The van der Waals surface area contributed by atoms with E-state index in [-0.39, 0.29) is 5.91 Å². The number of hydrogen-bond acceptors (Lipinski definition) is 3. The molecule has 0 saturated heterocycles. The molecule has 0 aliphatic carbocycles. The number of carbonyl (C=O) groups excluding carboxylic acids is 1. The van der Waals surface area contributed by atoms with Gasteiger partial charge in [-0.05, 0) is 36.4 Å². The number of nitrogens with zero attached hydrogens (tertiary/aromatic N) is 1. The van der Waals surface area contributed by atoms with Crippen molar-refractivity contribution in [2.24, 2.45) is 0 Å². The first-order valence-electron chi connectivity index (χ1n) is 6.04. The summed E-state index contributed by atoms with van der Waals surface area (Å²) in [6.07, 6.45) is 0. The molecule has 1 heterocycles. The molecule has 4 nitrogen and oxygen atoms in total. The first kappa shape index (κ1) is 12.5. The van der Waals surface area contributed by atoms with Crippen LogP contribution in [0.15, 0.2) is 42.5 Å². The third kappa shape index (κ3) is 2.20. The Bertz CT molecular complexity index is 736. The Balaban J connectivity index is 1.94. The van der Waals surface area contributed by atoms with Crippen LogP contribution in [-0.2, 0) is 4.79 Å². The zero-order chi connectivity index (χ0) is 14.1. The van der Waals surface area contributed by atoms with Gasteiger partial charge >= 0.3 is 0 Å². The van der Waals surface area contributed by atoms with Gasteiger partial charge in [-0.3, -0.25) is 4.79 Å². The zero-order valence-corrected chi connectivity index (χ0v) is 11.1. The van der Waals surface area contributed by atoms with E-state index in [4.69, 9.17) is 16.9 Å². The third-order valence-corrected chi connectivity index (χ3v) is 3.38. The molecule has 1 aliphatic rings. The van der Waals surface area contributed by atoms with Crippen molar-refractivity contribution in [2.45, 2.75) is 6.04 Å². The van der Waals surface area contributed by atoms with Crippen molar-refractivity contribution < 1.29 is 4.79 Å². The number of nitriles is 1. The fraction of sp³-hybridized carbons (Fsp3) is 0.0667. The number of benzene rings is 2. The van der Waals surface area contributed by atoms with Crippen LogP contribution < -0.4 is 10.6 Å². The summed E-state index contributed by atoms with van der Waals surface area (Å²) in [5, 5.41) is 15.4. The van der Waals surface area contributed by atoms with Gasteiger partial charge in [-0.1, -0.05) is 17.7 Å². The van der Waals surface area contributed by atoms with Crippen molar-refractivity contribution in [3.8, 4) is 6.07 Å². The van der Waals surface area contributed by atoms with Crippen molar-refractivity contribution in [1.82, 2.24) is 0 Å². The molecule has 1 amide bonds. The summed E-state index contributed by atoms with van der Waals surface area (Å²) in [5.74, 6) is -0.135. The largest absolute Gasteiger partial charge is 0.370 e. The second kappa shape index (κ2) is 4.87. The quantitative estimate of drug-likeness (QED) is 0.888. The molecule has 0 radical (unpaired) electrons. The van der Waals surface area contributed by atoms with Crippen LogP contribution in [0.25, 0.3) is 0 Å². The van der Waals surface area contributed by atoms with Crippen molar-refractivity contribution in [1.29, 1.82) is 5.26 Å². The molecule has 2 N–H and O–H groups in total. The zero-order valence-electron chi connectivity index (χ0n) is 10.4. The summed E-state index contributed by atoms with van der Waals surface area (Å²) in [5.41, 5.74) is 2.83. The highest BCUT2D eigenvalue weighted by Crippen LogP contribution is 2.35. The SMILES string of the molecule is N#Cc1cccc(NC2C(=O)Nc3ccc(Cl)cc32)c1. The van der Waals surface area contributed by atoms with Crippen LogP contribution in [0.5, 0.6) is 0 Å². The summed E-state index contributed by atoms with van der Waals surface area (Å²) in [6.45, 7) is 0. The van der Waals surface area contributed by atoms with E-state index >= 15 is 0 Å². The summed E-state index contributed by atoms with van der Waals surface area (Å²) in [7, 11) is 0. The van der Waals surface area contributed by atoms with Gasteiger partial charge in [0, 0.05) is 22.0 Å². The van der Waals surface area contributed by atoms with Gasteiger partial charge in [-0.25, -0.2) is 0 Å². The molecular formula is C15H10ClN3O. The number of anilines is 2. The van der Waals surface area contributed by atoms with Crippen molar-refractivity contribution >= 4 is 28.9 Å². The van der Waals surface area contributed by atoms with Crippen LogP contribution in [0, 0.1) is 11.3 Å². The highest BCUT2D eigenvalue weighted by Gasteiger charge is 2.30. The Morgan fingerprint density at radius 1 is 1.25 bits per heavy atom. The van der Waals surface area contributed by atoms with Crippen LogP contribution in [-0.4, -0.2) is 5.91 Å². The predicted molar refractivity (Wildman–Crippen MR) is 77.6 cm³/mol. The molecule has 0 aromatic heterocycles. The highest BCUT2D eigenvalue weighted by atomic mass is 35.5. The van der Waals surface area contributed by atoms with Gasteiger partial charge in [0.15, 0.2) is 0 Å². The average Bonchev–Trinajstić information content (AvgIpc) is 2.75. The Morgan fingerprint density at radius 2 is 2.10 bits per heavy atom. The van der Waals surface area contributed by atoms with E-state index in [1.807, 2.05) is 6.07 Å². The second-order valence-electron chi connectivity index (χ2n) is 4.49. The van der Waals surface area contributed by atoms with Crippen LogP contribution in [0.1, 0.15) is 17.2 Å². The molecule has 0 saturated carbocycles. The van der Waals surface area contributed by atoms with Gasteiger partial charge in [-0.15, -0.1) is 0 Å². The lowest BCUT2D eigenvalue weighted by Gasteiger charge is -2.13. The topological polar surface area (TPSA) is 64.9 Å². The molecule has 5 heteroatoms. The molecule has 3 rings (SSSR count). The summed E-state index contributed by atoms with van der Waals surface area (Å²) < 4.78 is 0. The molecule has 1 unspecified atom stereocenters. The minimum atomic E-state index is -0.502. The van der Waals surface area contributed by atoms with E-state index in [2.05, 4.69) is 16.7 Å². The molecule has 0 bridgehead atoms. The van der Waals surface area contributed by atoms with Crippen molar-refractivity contribution in [3.05, 3.63) is 58.6 Å². The minimum Gasteiger partial charge on any atom is -0.370 e. The highest BCUT2D eigenvalue weighted by molar-refractivity contribution is 6.31. The number of nitrogens with one attached hydrogen (secondary N) is 2. The maximum absolute atomic E-state index is 12.0. The smallest absolute Gasteiger partial charge is 0.251 e. The lowest BCUT2D eigenvalue weighted by atomic mass is 10.1. The van der Waals surface area contributed by atoms with E-state index < -0.39 is 6.04 Å². The number of amides is 1. The minimum absolute atomic E-state index is 0.135. The van der Waals surface area contributed by atoms with Gasteiger partial charge in [0.2, 0.25) is 0 Å². The van der Waals surface area contributed by atoms with Gasteiger partial charge in [0.1, 0.15) is 6.04 Å². The summed E-state index contributed by atoms with van der Waals surface area (Å²) >= 11 is 5.98. The summed E-state index contributed by atoms with van der Waals surface area (Å²) in [4.78, 5) is 12.0. The molecule has 0 spiro atoms. The van der Waals surface area contributed by atoms with Crippen LogP contribution in [0.2, 0.25) is 5.02 Å². The van der Waals surface area contributed by atoms with E-state index in [9.17, 15) is 4.79 Å². The molecule has 0 fully saturated rings. The van der Waals surface area contributed by atoms with E-state index in [1.54, 1.807) is 36.4 Å². The van der Waals surface area contributed by atoms with E-state index in [0.29, 0.717) is 10.6 Å². The Labute approximate surface area is 121 Å². The molecular weight excluding hydrogens is 274 g/mol. The van der Waals surface area contributed by atoms with E-state index in [0.717, 1.165) is 16.9 Å². The maximum atomic E-state index is 12.0. The normalized spacial score (nSPS) is 16.2. The predicted octanol–water partition coefficient (Wildman–Crippen LogP) is 3.32. The maximum Gasteiger partial charge on any atom is 0.251 e. The van der Waals surface area contributed by atoms with Crippen LogP contribution in [0.3, 0.4) is 0 Å².